The van der Waals surface area contributed by atoms with Crippen molar-refractivity contribution >= 4 is 13.8 Å². The van der Waals surface area contributed by atoms with E-state index < -0.39 is 0 Å². The van der Waals surface area contributed by atoms with Crippen LogP contribution in [0.1, 0.15) is 54.4 Å². The van der Waals surface area contributed by atoms with Gasteiger partial charge in [0.05, 0.1) is 14.5 Å². The SMILES string of the molecule is [B]C(CC(=O)OCC(C)CC)C(NCC)C(C)C(C)C. The summed E-state index contributed by atoms with van der Waals surface area (Å²) >= 11 is 0. The van der Waals surface area contributed by atoms with Crippen LogP contribution in [-0.4, -0.2) is 33.0 Å². The third-order valence-corrected chi connectivity index (χ3v) is 4.15. The largest absolute Gasteiger partial charge is 0.465 e. The van der Waals surface area contributed by atoms with E-state index in [9.17, 15) is 4.79 Å². The van der Waals surface area contributed by atoms with Gasteiger partial charge in [0.15, 0.2) is 0 Å². The summed E-state index contributed by atoms with van der Waals surface area (Å²) < 4.78 is 5.29. The summed E-state index contributed by atoms with van der Waals surface area (Å²) in [4.78, 5) is 11.8. The van der Waals surface area contributed by atoms with E-state index in [0.29, 0.717) is 24.4 Å². The van der Waals surface area contributed by atoms with Crippen LogP contribution in [0.5, 0.6) is 0 Å². The summed E-state index contributed by atoms with van der Waals surface area (Å²) in [5.41, 5.74) is 0. The Bertz CT molecular complexity index is 271. The second kappa shape index (κ2) is 10.3. The summed E-state index contributed by atoms with van der Waals surface area (Å²) in [5, 5.41) is 3.41. The van der Waals surface area contributed by atoms with Crippen molar-refractivity contribution in [1.29, 1.82) is 0 Å². The summed E-state index contributed by atoms with van der Waals surface area (Å²) in [6.45, 7) is 14.1. The first-order valence-electron chi connectivity index (χ1n) is 7.97. The molecular formula is C16H32BNO2. The van der Waals surface area contributed by atoms with Gasteiger partial charge in [0.2, 0.25) is 0 Å². The van der Waals surface area contributed by atoms with E-state index in [1.165, 1.54) is 0 Å². The van der Waals surface area contributed by atoms with Gasteiger partial charge in [-0.3, -0.25) is 4.79 Å². The Labute approximate surface area is 126 Å². The average Bonchev–Trinajstić information content (AvgIpc) is 2.40. The molecule has 0 aromatic carbocycles. The van der Waals surface area contributed by atoms with Gasteiger partial charge in [-0.2, -0.15) is 0 Å². The summed E-state index contributed by atoms with van der Waals surface area (Å²) in [6.07, 6.45) is 1.30. The van der Waals surface area contributed by atoms with Crippen LogP contribution in [-0.2, 0) is 9.53 Å². The van der Waals surface area contributed by atoms with Crippen molar-refractivity contribution in [3.05, 3.63) is 0 Å². The van der Waals surface area contributed by atoms with E-state index in [2.05, 4.69) is 46.9 Å². The first-order chi connectivity index (χ1) is 9.33. The predicted octanol–water partition coefficient (Wildman–Crippen LogP) is 3.19. The number of hydrogen-bond donors (Lipinski definition) is 1. The van der Waals surface area contributed by atoms with Crippen LogP contribution in [0.2, 0.25) is 5.82 Å². The Kier molecular flexibility index (Phi) is 10.00. The smallest absolute Gasteiger partial charge is 0.305 e. The molecule has 4 atom stereocenters. The van der Waals surface area contributed by atoms with Crippen LogP contribution in [0.3, 0.4) is 0 Å². The number of rotatable bonds is 10. The van der Waals surface area contributed by atoms with Crippen molar-refractivity contribution in [3.8, 4) is 0 Å². The van der Waals surface area contributed by atoms with Crippen LogP contribution < -0.4 is 5.32 Å². The fraction of sp³-hybridized carbons (Fsp3) is 0.938. The van der Waals surface area contributed by atoms with Gasteiger partial charge in [-0.1, -0.05) is 53.8 Å². The molecule has 3 nitrogen and oxygen atoms in total. The molecular weight excluding hydrogens is 249 g/mol. The Morgan fingerprint density at radius 3 is 2.25 bits per heavy atom. The van der Waals surface area contributed by atoms with Gasteiger partial charge < -0.3 is 10.1 Å². The lowest BCUT2D eigenvalue weighted by molar-refractivity contribution is -0.145. The quantitative estimate of drug-likeness (QED) is 0.493. The van der Waals surface area contributed by atoms with Gasteiger partial charge in [0, 0.05) is 12.5 Å². The van der Waals surface area contributed by atoms with E-state index in [1.54, 1.807) is 0 Å². The highest BCUT2D eigenvalue weighted by Gasteiger charge is 2.26. The maximum absolute atomic E-state index is 11.8. The highest BCUT2D eigenvalue weighted by Crippen LogP contribution is 2.25. The van der Waals surface area contributed by atoms with Gasteiger partial charge in [-0.05, 0) is 24.3 Å². The zero-order chi connectivity index (χ0) is 15.7. The molecule has 4 heteroatoms. The van der Waals surface area contributed by atoms with Gasteiger partial charge in [0.25, 0.3) is 0 Å². The zero-order valence-corrected chi connectivity index (χ0v) is 14.1. The predicted molar refractivity (Wildman–Crippen MR) is 86.0 cm³/mol. The molecule has 116 valence electrons. The molecule has 0 aliphatic carbocycles. The van der Waals surface area contributed by atoms with Crippen molar-refractivity contribution in [3.63, 3.8) is 0 Å². The molecule has 2 radical (unpaired) electrons. The van der Waals surface area contributed by atoms with Gasteiger partial charge in [-0.15, -0.1) is 0 Å². The van der Waals surface area contributed by atoms with Crippen molar-refractivity contribution in [2.24, 2.45) is 17.8 Å². The maximum Gasteiger partial charge on any atom is 0.305 e. The number of carbonyl (C=O) groups is 1. The summed E-state index contributed by atoms with van der Waals surface area (Å²) in [7, 11) is 6.22. The van der Waals surface area contributed by atoms with Gasteiger partial charge >= 0.3 is 5.97 Å². The first kappa shape index (κ1) is 19.5. The standard InChI is InChI=1S/C16H32BNO2/c1-7-12(5)10-20-15(19)9-14(17)16(18-8-2)13(6)11(3)4/h11-14,16,18H,7-10H2,1-6H3. The van der Waals surface area contributed by atoms with Gasteiger partial charge in [-0.25, -0.2) is 0 Å². The van der Waals surface area contributed by atoms with Crippen LogP contribution in [0.25, 0.3) is 0 Å². The highest BCUT2D eigenvalue weighted by molar-refractivity contribution is 6.13. The lowest BCUT2D eigenvalue weighted by Crippen LogP contribution is -2.41. The maximum atomic E-state index is 11.8. The van der Waals surface area contributed by atoms with Crippen LogP contribution in [0, 0.1) is 17.8 Å². The third kappa shape index (κ3) is 7.32. The monoisotopic (exact) mass is 281 g/mol. The minimum Gasteiger partial charge on any atom is -0.465 e. The van der Waals surface area contributed by atoms with Crippen molar-refractivity contribution < 1.29 is 9.53 Å². The molecule has 0 saturated heterocycles. The third-order valence-electron chi connectivity index (χ3n) is 4.15. The van der Waals surface area contributed by atoms with Crippen LogP contribution >= 0.6 is 0 Å². The molecule has 0 heterocycles. The minimum absolute atomic E-state index is 0.149. The van der Waals surface area contributed by atoms with E-state index in [0.717, 1.165) is 13.0 Å². The van der Waals surface area contributed by atoms with Crippen LogP contribution in [0.15, 0.2) is 0 Å². The average molecular weight is 281 g/mol. The second-order valence-corrected chi connectivity index (χ2v) is 6.25. The molecule has 1 N–H and O–H groups in total. The second-order valence-electron chi connectivity index (χ2n) is 6.25. The number of ether oxygens (including phenoxy) is 1. The van der Waals surface area contributed by atoms with Crippen molar-refractivity contribution in [1.82, 2.24) is 5.32 Å². The number of carbonyl (C=O) groups excluding carboxylic acids is 1. The highest BCUT2D eigenvalue weighted by atomic mass is 16.5. The van der Waals surface area contributed by atoms with E-state index >= 15 is 0 Å². The number of hydrogen-bond acceptors (Lipinski definition) is 3. The molecule has 0 amide bonds. The molecule has 0 rings (SSSR count). The van der Waals surface area contributed by atoms with Crippen LogP contribution in [0.4, 0.5) is 0 Å². The topological polar surface area (TPSA) is 38.3 Å². The molecule has 0 spiro atoms. The molecule has 0 aliphatic rings. The fourth-order valence-corrected chi connectivity index (χ4v) is 2.11. The van der Waals surface area contributed by atoms with Gasteiger partial charge in [0.1, 0.15) is 0 Å². The Balaban J connectivity index is 4.37. The molecule has 20 heavy (non-hydrogen) atoms. The molecule has 0 aliphatic heterocycles. The van der Waals surface area contributed by atoms with E-state index in [-0.39, 0.29) is 24.2 Å². The molecule has 0 bridgehead atoms. The van der Waals surface area contributed by atoms with E-state index in [1.807, 2.05) is 0 Å². The molecule has 0 aromatic rings. The zero-order valence-electron chi connectivity index (χ0n) is 14.1. The number of esters is 1. The summed E-state index contributed by atoms with van der Waals surface area (Å²) in [5.74, 6) is 0.983. The minimum atomic E-state index is -0.197. The Morgan fingerprint density at radius 2 is 1.80 bits per heavy atom. The lowest BCUT2D eigenvalue weighted by Gasteiger charge is -2.32. The Hall–Kier alpha value is -0.505. The Morgan fingerprint density at radius 1 is 1.20 bits per heavy atom. The molecule has 4 unspecified atom stereocenters. The fourth-order valence-electron chi connectivity index (χ4n) is 2.11. The molecule has 0 fully saturated rings. The molecule has 0 aromatic heterocycles. The lowest BCUT2D eigenvalue weighted by atomic mass is 9.71. The summed E-state index contributed by atoms with van der Waals surface area (Å²) in [6, 6.07) is 0.149. The normalized spacial score (nSPS) is 17.6. The van der Waals surface area contributed by atoms with E-state index in [4.69, 9.17) is 12.6 Å². The number of nitrogens with one attached hydrogen (secondary N) is 1. The molecule has 0 saturated carbocycles. The van der Waals surface area contributed by atoms with Crippen molar-refractivity contribution in [2.45, 2.75) is 66.2 Å². The van der Waals surface area contributed by atoms with Crippen molar-refractivity contribution in [2.75, 3.05) is 13.2 Å². The first-order valence-corrected chi connectivity index (χ1v) is 7.97.